The van der Waals surface area contributed by atoms with Gasteiger partial charge in [0.2, 0.25) is 0 Å². The summed E-state index contributed by atoms with van der Waals surface area (Å²) < 4.78 is 16.6. The minimum absolute atomic E-state index is 0.0212. The molecule has 0 aromatic rings. The molecule has 0 spiro atoms. The average molecular weight is 232 g/mol. The van der Waals surface area contributed by atoms with Crippen LogP contribution < -0.4 is 11.3 Å². The van der Waals surface area contributed by atoms with Crippen LogP contribution in [-0.2, 0) is 14.2 Å². The molecule has 0 aromatic heterocycles. The Balaban J connectivity index is 2.51. The zero-order valence-corrected chi connectivity index (χ0v) is 10.3. The molecule has 1 heterocycles. The van der Waals surface area contributed by atoms with Crippen molar-refractivity contribution in [1.29, 1.82) is 0 Å². The van der Waals surface area contributed by atoms with Gasteiger partial charge in [0, 0.05) is 39.8 Å². The van der Waals surface area contributed by atoms with E-state index in [1.54, 1.807) is 7.11 Å². The number of nitrogens with two attached hydrogens (primary N) is 1. The summed E-state index contributed by atoms with van der Waals surface area (Å²) in [6, 6.07) is 0.0212. The minimum Gasteiger partial charge on any atom is -0.381 e. The second-order valence-electron chi connectivity index (χ2n) is 4.18. The van der Waals surface area contributed by atoms with Crippen LogP contribution in [0.1, 0.15) is 26.2 Å². The summed E-state index contributed by atoms with van der Waals surface area (Å²) >= 11 is 0. The molecule has 3 N–H and O–H groups in total. The Labute approximate surface area is 97.6 Å². The van der Waals surface area contributed by atoms with Gasteiger partial charge in [0.25, 0.3) is 0 Å². The molecule has 0 radical (unpaired) electrons. The van der Waals surface area contributed by atoms with Crippen molar-refractivity contribution in [3.63, 3.8) is 0 Å². The molecule has 0 amide bonds. The Morgan fingerprint density at radius 2 is 2.12 bits per heavy atom. The second-order valence-corrected chi connectivity index (χ2v) is 4.18. The highest BCUT2D eigenvalue weighted by Gasteiger charge is 2.40. The molecule has 0 bridgehead atoms. The van der Waals surface area contributed by atoms with Crippen molar-refractivity contribution in [1.82, 2.24) is 5.43 Å². The van der Waals surface area contributed by atoms with Gasteiger partial charge in [-0.1, -0.05) is 6.92 Å². The summed E-state index contributed by atoms with van der Waals surface area (Å²) in [5.41, 5.74) is 2.57. The van der Waals surface area contributed by atoms with Crippen molar-refractivity contribution in [2.45, 2.75) is 37.8 Å². The zero-order valence-electron chi connectivity index (χ0n) is 10.3. The molecule has 1 saturated heterocycles. The molecule has 0 aliphatic carbocycles. The number of methoxy groups -OCH3 is 1. The summed E-state index contributed by atoms with van der Waals surface area (Å²) in [4.78, 5) is 0. The Morgan fingerprint density at radius 1 is 1.44 bits per heavy atom. The van der Waals surface area contributed by atoms with E-state index in [0.717, 1.165) is 39.1 Å². The third kappa shape index (κ3) is 3.40. The van der Waals surface area contributed by atoms with Crippen molar-refractivity contribution in [2.24, 2.45) is 5.84 Å². The van der Waals surface area contributed by atoms with E-state index in [9.17, 15) is 0 Å². The Morgan fingerprint density at radius 3 is 2.62 bits per heavy atom. The van der Waals surface area contributed by atoms with E-state index in [-0.39, 0.29) is 11.6 Å². The molecule has 0 aromatic carbocycles. The normalized spacial score (nSPS) is 21.9. The fourth-order valence-corrected chi connectivity index (χ4v) is 2.11. The standard InChI is InChI=1S/C11H24N2O3/c1-3-6-16-9-10(13-12)11(14-2)4-7-15-8-5-11/h10,13H,3-9,12H2,1-2H3. The molecule has 1 aliphatic rings. The molecule has 16 heavy (non-hydrogen) atoms. The lowest BCUT2D eigenvalue weighted by Crippen LogP contribution is -2.59. The largest absolute Gasteiger partial charge is 0.381 e. The molecule has 1 atom stereocenters. The maximum atomic E-state index is 5.66. The van der Waals surface area contributed by atoms with Crippen molar-refractivity contribution in [3.05, 3.63) is 0 Å². The van der Waals surface area contributed by atoms with Gasteiger partial charge in [-0.25, -0.2) is 0 Å². The van der Waals surface area contributed by atoms with Gasteiger partial charge in [0.15, 0.2) is 0 Å². The van der Waals surface area contributed by atoms with Crippen LogP contribution in [0.5, 0.6) is 0 Å². The molecular formula is C11H24N2O3. The van der Waals surface area contributed by atoms with Crippen molar-refractivity contribution in [3.8, 4) is 0 Å². The number of nitrogens with one attached hydrogen (secondary N) is 1. The fourth-order valence-electron chi connectivity index (χ4n) is 2.11. The van der Waals surface area contributed by atoms with Gasteiger partial charge in [0.1, 0.15) is 0 Å². The topological polar surface area (TPSA) is 65.7 Å². The molecule has 96 valence electrons. The van der Waals surface area contributed by atoms with Gasteiger partial charge in [-0.05, 0) is 6.42 Å². The predicted molar refractivity (Wildman–Crippen MR) is 62.0 cm³/mol. The zero-order chi connectivity index (χ0) is 11.9. The van der Waals surface area contributed by atoms with E-state index in [0.29, 0.717) is 6.61 Å². The molecule has 0 saturated carbocycles. The van der Waals surface area contributed by atoms with Crippen molar-refractivity contribution in [2.75, 3.05) is 33.5 Å². The lowest BCUT2D eigenvalue weighted by Gasteiger charge is -2.41. The monoisotopic (exact) mass is 232 g/mol. The van der Waals surface area contributed by atoms with E-state index in [4.69, 9.17) is 20.1 Å². The first-order chi connectivity index (χ1) is 7.79. The molecule has 1 aliphatic heterocycles. The fraction of sp³-hybridized carbons (Fsp3) is 1.00. The Kier molecular flexibility index (Phi) is 6.23. The maximum absolute atomic E-state index is 5.66. The van der Waals surface area contributed by atoms with E-state index in [1.807, 2.05) is 0 Å². The van der Waals surface area contributed by atoms with Gasteiger partial charge in [-0.3, -0.25) is 11.3 Å². The first kappa shape index (κ1) is 13.9. The van der Waals surface area contributed by atoms with Crippen LogP contribution in [-0.4, -0.2) is 45.2 Å². The number of ether oxygens (including phenoxy) is 3. The Bertz CT molecular complexity index is 184. The highest BCUT2D eigenvalue weighted by Crippen LogP contribution is 2.28. The summed E-state index contributed by atoms with van der Waals surface area (Å²) in [6.45, 7) is 4.87. The van der Waals surface area contributed by atoms with Gasteiger partial charge >= 0.3 is 0 Å². The number of hydrogen-bond donors (Lipinski definition) is 2. The lowest BCUT2D eigenvalue weighted by molar-refractivity contribution is -0.122. The lowest BCUT2D eigenvalue weighted by atomic mass is 9.86. The SMILES string of the molecule is CCCOCC(NN)C1(OC)CCOCC1. The van der Waals surface area contributed by atoms with Gasteiger partial charge in [-0.15, -0.1) is 0 Å². The second kappa shape index (κ2) is 7.19. The Hall–Kier alpha value is -0.200. The van der Waals surface area contributed by atoms with Crippen LogP contribution in [0.15, 0.2) is 0 Å². The maximum Gasteiger partial charge on any atom is 0.0910 e. The van der Waals surface area contributed by atoms with E-state index in [2.05, 4.69) is 12.3 Å². The summed E-state index contributed by atoms with van der Waals surface area (Å²) in [7, 11) is 1.73. The van der Waals surface area contributed by atoms with E-state index in [1.165, 1.54) is 0 Å². The quantitative estimate of drug-likeness (QED) is 0.379. The summed E-state index contributed by atoms with van der Waals surface area (Å²) in [5.74, 6) is 5.60. The minimum atomic E-state index is -0.249. The average Bonchev–Trinajstić information content (AvgIpc) is 2.35. The third-order valence-electron chi connectivity index (χ3n) is 3.21. The number of rotatable bonds is 7. The van der Waals surface area contributed by atoms with Crippen LogP contribution in [0.2, 0.25) is 0 Å². The van der Waals surface area contributed by atoms with Gasteiger partial charge < -0.3 is 14.2 Å². The van der Waals surface area contributed by atoms with Crippen LogP contribution in [0.3, 0.4) is 0 Å². The van der Waals surface area contributed by atoms with Crippen LogP contribution >= 0.6 is 0 Å². The van der Waals surface area contributed by atoms with Crippen LogP contribution in [0, 0.1) is 0 Å². The van der Waals surface area contributed by atoms with E-state index >= 15 is 0 Å². The highest BCUT2D eigenvalue weighted by molar-refractivity contribution is 4.94. The molecule has 1 fully saturated rings. The molecule has 5 heteroatoms. The molecule has 1 unspecified atom stereocenters. The first-order valence-electron chi connectivity index (χ1n) is 5.96. The van der Waals surface area contributed by atoms with Gasteiger partial charge in [0.05, 0.1) is 18.2 Å². The van der Waals surface area contributed by atoms with Crippen LogP contribution in [0.25, 0.3) is 0 Å². The summed E-state index contributed by atoms with van der Waals surface area (Å²) in [6.07, 6.45) is 2.72. The molecular weight excluding hydrogens is 208 g/mol. The number of hydrazine groups is 1. The highest BCUT2D eigenvalue weighted by atomic mass is 16.5. The summed E-state index contributed by atoms with van der Waals surface area (Å²) in [5, 5.41) is 0. The smallest absolute Gasteiger partial charge is 0.0910 e. The van der Waals surface area contributed by atoms with Crippen LogP contribution in [0.4, 0.5) is 0 Å². The van der Waals surface area contributed by atoms with Crippen molar-refractivity contribution < 1.29 is 14.2 Å². The predicted octanol–water partition coefficient (Wildman–Crippen LogP) is 0.441. The van der Waals surface area contributed by atoms with Crippen molar-refractivity contribution >= 4 is 0 Å². The first-order valence-corrected chi connectivity index (χ1v) is 5.96. The van der Waals surface area contributed by atoms with Gasteiger partial charge in [-0.2, -0.15) is 0 Å². The number of hydrogen-bond acceptors (Lipinski definition) is 5. The molecule has 5 nitrogen and oxygen atoms in total. The third-order valence-corrected chi connectivity index (χ3v) is 3.21. The van der Waals surface area contributed by atoms with E-state index < -0.39 is 0 Å². The molecule has 1 rings (SSSR count).